The van der Waals surface area contributed by atoms with Gasteiger partial charge in [0, 0.05) is 10.6 Å². The summed E-state index contributed by atoms with van der Waals surface area (Å²) in [6.45, 7) is -0.123. The van der Waals surface area contributed by atoms with E-state index in [4.69, 9.17) is 21.1 Å². The number of hydrogen-bond acceptors (Lipinski definition) is 6. The molecule has 2 aromatic carbocycles. The molecule has 1 amide bonds. The first-order chi connectivity index (χ1) is 12.1. The molecule has 0 saturated heterocycles. The highest BCUT2D eigenvalue weighted by molar-refractivity contribution is 7.18. The van der Waals surface area contributed by atoms with E-state index in [1.807, 2.05) is 12.1 Å². The van der Waals surface area contributed by atoms with Crippen LogP contribution >= 0.6 is 22.9 Å². The van der Waals surface area contributed by atoms with E-state index in [2.05, 4.69) is 15.5 Å². The number of methoxy groups -OCH3 is 1. The van der Waals surface area contributed by atoms with E-state index >= 15 is 0 Å². The highest BCUT2D eigenvalue weighted by atomic mass is 35.5. The van der Waals surface area contributed by atoms with E-state index in [1.165, 1.54) is 11.3 Å². The Morgan fingerprint density at radius 2 is 1.76 bits per heavy atom. The largest absolute Gasteiger partial charge is 0.497 e. The lowest BCUT2D eigenvalue weighted by molar-refractivity contribution is -0.118. The molecule has 1 heterocycles. The molecular weight excluding hydrogens is 362 g/mol. The molecule has 0 bridgehead atoms. The van der Waals surface area contributed by atoms with Crippen molar-refractivity contribution in [2.24, 2.45) is 0 Å². The van der Waals surface area contributed by atoms with E-state index in [0.29, 0.717) is 20.9 Å². The SMILES string of the molecule is COc1ccc(OCC(=O)Nc2nnc(-c3ccc(Cl)cc3)s2)cc1. The van der Waals surface area contributed by atoms with Crippen molar-refractivity contribution in [1.82, 2.24) is 10.2 Å². The minimum Gasteiger partial charge on any atom is -0.497 e. The molecule has 0 spiro atoms. The fourth-order valence-electron chi connectivity index (χ4n) is 1.96. The summed E-state index contributed by atoms with van der Waals surface area (Å²) in [5, 5.41) is 12.5. The molecule has 3 rings (SSSR count). The molecule has 0 atom stereocenters. The van der Waals surface area contributed by atoms with Crippen LogP contribution < -0.4 is 14.8 Å². The second-order valence-electron chi connectivity index (χ2n) is 4.93. The average molecular weight is 376 g/mol. The maximum atomic E-state index is 12.0. The number of hydrogen-bond donors (Lipinski definition) is 1. The van der Waals surface area contributed by atoms with Gasteiger partial charge in [-0.2, -0.15) is 0 Å². The molecule has 1 N–H and O–H groups in total. The van der Waals surface area contributed by atoms with Crippen molar-refractivity contribution >= 4 is 34.0 Å². The Kier molecular flexibility index (Phi) is 5.47. The fraction of sp³-hybridized carbons (Fsp3) is 0.118. The van der Waals surface area contributed by atoms with E-state index in [-0.39, 0.29) is 12.5 Å². The molecule has 0 aliphatic heterocycles. The zero-order valence-corrected chi connectivity index (χ0v) is 14.8. The number of benzene rings is 2. The number of amides is 1. The topological polar surface area (TPSA) is 73.3 Å². The van der Waals surface area contributed by atoms with Gasteiger partial charge < -0.3 is 9.47 Å². The van der Waals surface area contributed by atoms with Crippen LogP contribution in [0.5, 0.6) is 11.5 Å². The van der Waals surface area contributed by atoms with Crippen molar-refractivity contribution in [1.29, 1.82) is 0 Å². The molecule has 25 heavy (non-hydrogen) atoms. The average Bonchev–Trinajstić information content (AvgIpc) is 3.09. The number of nitrogens with zero attached hydrogens (tertiary/aromatic N) is 2. The van der Waals surface area contributed by atoms with Crippen molar-refractivity contribution in [2.45, 2.75) is 0 Å². The van der Waals surface area contributed by atoms with Gasteiger partial charge in [0.25, 0.3) is 5.91 Å². The lowest BCUT2D eigenvalue weighted by Crippen LogP contribution is -2.20. The van der Waals surface area contributed by atoms with Gasteiger partial charge in [0.05, 0.1) is 7.11 Å². The van der Waals surface area contributed by atoms with Crippen LogP contribution in [0, 0.1) is 0 Å². The molecule has 0 saturated carbocycles. The minimum atomic E-state index is -0.311. The molecule has 128 valence electrons. The molecule has 0 aliphatic carbocycles. The van der Waals surface area contributed by atoms with E-state index in [9.17, 15) is 4.79 Å². The molecule has 0 fully saturated rings. The summed E-state index contributed by atoms with van der Waals surface area (Å²) >= 11 is 7.14. The lowest BCUT2D eigenvalue weighted by Gasteiger charge is -2.06. The summed E-state index contributed by atoms with van der Waals surface area (Å²) in [5.74, 6) is 0.991. The summed E-state index contributed by atoms with van der Waals surface area (Å²) in [6, 6.07) is 14.2. The van der Waals surface area contributed by atoms with E-state index in [1.54, 1.807) is 43.5 Å². The fourth-order valence-corrected chi connectivity index (χ4v) is 2.85. The van der Waals surface area contributed by atoms with Gasteiger partial charge in [-0.25, -0.2) is 0 Å². The van der Waals surface area contributed by atoms with Crippen molar-refractivity contribution < 1.29 is 14.3 Å². The Morgan fingerprint density at radius 3 is 2.44 bits per heavy atom. The summed E-state index contributed by atoms with van der Waals surface area (Å²) in [7, 11) is 1.59. The van der Waals surface area contributed by atoms with Crippen LogP contribution in [0.15, 0.2) is 48.5 Å². The monoisotopic (exact) mass is 375 g/mol. The van der Waals surface area contributed by atoms with Crippen LogP contribution in [0.4, 0.5) is 5.13 Å². The minimum absolute atomic E-state index is 0.123. The molecule has 6 nitrogen and oxygen atoms in total. The quantitative estimate of drug-likeness (QED) is 0.707. The van der Waals surface area contributed by atoms with Crippen LogP contribution in [0.3, 0.4) is 0 Å². The van der Waals surface area contributed by atoms with Crippen LogP contribution in [0.25, 0.3) is 10.6 Å². The summed E-state index contributed by atoms with van der Waals surface area (Å²) < 4.78 is 10.5. The normalized spacial score (nSPS) is 10.3. The zero-order chi connectivity index (χ0) is 17.6. The molecular formula is C17H14ClN3O3S. The second-order valence-corrected chi connectivity index (χ2v) is 6.35. The first-order valence-electron chi connectivity index (χ1n) is 7.30. The Hall–Kier alpha value is -2.64. The van der Waals surface area contributed by atoms with E-state index < -0.39 is 0 Å². The van der Waals surface area contributed by atoms with E-state index in [0.717, 1.165) is 11.3 Å². The van der Waals surface area contributed by atoms with Crippen LogP contribution in [-0.2, 0) is 4.79 Å². The molecule has 0 aliphatic rings. The first kappa shape index (κ1) is 17.2. The van der Waals surface area contributed by atoms with Gasteiger partial charge in [-0.05, 0) is 36.4 Å². The summed E-state index contributed by atoms with van der Waals surface area (Å²) in [4.78, 5) is 12.0. The third-order valence-electron chi connectivity index (χ3n) is 3.19. The molecule has 8 heteroatoms. The van der Waals surface area contributed by atoms with Crippen LogP contribution in [0.2, 0.25) is 5.02 Å². The van der Waals surface area contributed by atoms with Gasteiger partial charge in [-0.3, -0.25) is 10.1 Å². The second kappa shape index (κ2) is 7.96. The van der Waals surface area contributed by atoms with Crippen LogP contribution in [-0.4, -0.2) is 29.8 Å². The number of ether oxygens (including phenoxy) is 2. The smallest absolute Gasteiger partial charge is 0.264 e. The number of carbonyl (C=O) groups excluding carboxylic acids is 1. The number of rotatable bonds is 6. The number of anilines is 1. The third kappa shape index (κ3) is 4.68. The summed E-state index contributed by atoms with van der Waals surface area (Å²) in [5.41, 5.74) is 0.886. The highest BCUT2D eigenvalue weighted by Crippen LogP contribution is 2.27. The predicted octanol–water partition coefficient (Wildman–Crippen LogP) is 3.88. The Morgan fingerprint density at radius 1 is 1.08 bits per heavy atom. The van der Waals surface area contributed by atoms with Crippen molar-refractivity contribution in [2.75, 3.05) is 19.0 Å². The van der Waals surface area contributed by atoms with Gasteiger partial charge >= 0.3 is 0 Å². The number of nitrogens with one attached hydrogen (secondary N) is 1. The molecule has 0 unspecified atom stereocenters. The van der Waals surface area contributed by atoms with Crippen LogP contribution in [0.1, 0.15) is 0 Å². The first-order valence-corrected chi connectivity index (χ1v) is 8.49. The van der Waals surface area contributed by atoms with Gasteiger partial charge in [-0.1, -0.05) is 35.1 Å². The lowest BCUT2D eigenvalue weighted by atomic mass is 10.2. The number of halogens is 1. The third-order valence-corrected chi connectivity index (χ3v) is 4.33. The Labute approximate surface area is 153 Å². The zero-order valence-electron chi connectivity index (χ0n) is 13.2. The Bertz CT molecular complexity index is 850. The van der Waals surface area contributed by atoms with Gasteiger partial charge in [0.15, 0.2) is 6.61 Å². The number of aromatic nitrogens is 2. The predicted molar refractivity (Wildman–Crippen MR) is 97.5 cm³/mol. The number of carbonyl (C=O) groups is 1. The standard InChI is InChI=1S/C17H14ClN3O3S/c1-23-13-6-8-14(9-7-13)24-10-15(22)19-17-21-20-16(25-17)11-2-4-12(18)5-3-11/h2-9H,10H2,1H3,(H,19,21,22). The summed E-state index contributed by atoms with van der Waals surface area (Å²) in [6.07, 6.45) is 0. The van der Waals surface area contributed by atoms with Crippen molar-refractivity contribution in [3.63, 3.8) is 0 Å². The van der Waals surface area contributed by atoms with Crippen molar-refractivity contribution in [3.8, 4) is 22.1 Å². The Balaban J connectivity index is 1.55. The maximum absolute atomic E-state index is 12.0. The highest BCUT2D eigenvalue weighted by Gasteiger charge is 2.10. The van der Waals surface area contributed by atoms with Gasteiger partial charge in [-0.15, -0.1) is 10.2 Å². The van der Waals surface area contributed by atoms with Gasteiger partial charge in [0.2, 0.25) is 5.13 Å². The van der Waals surface area contributed by atoms with Gasteiger partial charge in [0.1, 0.15) is 16.5 Å². The molecule has 3 aromatic rings. The molecule has 0 radical (unpaired) electrons. The molecule has 1 aromatic heterocycles. The maximum Gasteiger partial charge on any atom is 0.264 e. The van der Waals surface area contributed by atoms with Crippen molar-refractivity contribution in [3.05, 3.63) is 53.6 Å².